The first-order chi connectivity index (χ1) is 17.0. The number of benzene rings is 2. The molecule has 4 rings (SSSR count). The van der Waals surface area contributed by atoms with Gasteiger partial charge in [0.05, 0.1) is 35.1 Å². The third-order valence-electron chi connectivity index (χ3n) is 5.53. The third kappa shape index (κ3) is 5.44. The van der Waals surface area contributed by atoms with Crippen LogP contribution in [0.4, 0.5) is 0 Å². The maximum absolute atomic E-state index is 13.6. The second-order valence-corrected chi connectivity index (χ2v) is 9.05. The number of hydrogen-bond donors (Lipinski definition) is 0. The summed E-state index contributed by atoms with van der Waals surface area (Å²) in [5, 5.41) is 0. The number of rotatable bonds is 9. The molecule has 0 amide bonds. The minimum absolute atomic E-state index is 0.112. The van der Waals surface area contributed by atoms with Gasteiger partial charge >= 0.3 is 5.97 Å². The fraction of sp³-hybridized carbons (Fsp3) is 0.296. The molecule has 35 heavy (non-hydrogen) atoms. The SMILES string of the molecule is CCCOc1ccc([C@@H]2C(C(=O)OCCOC)=C(C)N=c3sc(=Cc4ccccc4)c(=O)n32)cc1. The van der Waals surface area contributed by atoms with Crippen molar-refractivity contribution in [2.45, 2.75) is 26.3 Å². The van der Waals surface area contributed by atoms with E-state index in [1.165, 1.54) is 11.3 Å². The number of nitrogens with zero attached hydrogens (tertiary/aromatic N) is 2. The number of ether oxygens (including phenoxy) is 3. The molecule has 1 aliphatic rings. The van der Waals surface area contributed by atoms with Crippen molar-refractivity contribution >= 4 is 23.4 Å². The van der Waals surface area contributed by atoms with Crippen molar-refractivity contribution in [3.05, 3.63) is 96.7 Å². The van der Waals surface area contributed by atoms with Gasteiger partial charge < -0.3 is 14.2 Å². The number of fused-ring (bicyclic) bond motifs is 1. The zero-order chi connectivity index (χ0) is 24.8. The molecule has 8 heteroatoms. The normalized spacial score (nSPS) is 15.5. The van der Waals surface area contributed by atoms with Crippen molar-refractivity contribution in [2.75, 3.05) is 26.9 Å². The van der Waals surface area contributed by atoms with Crippen molar-refractivity contribution in [2.24, 2.45) is 4.99 Å². The highest BCUT2D eigenvalue weighted by molar-refractivity contribution is 7.07. The Morgan fingerprint density at radius 2 is 1.83 bits per heavy atom. The van der Waals surface area contributed by atoms with Crippen LogP contribution in [0.2, 0.25) is 0 Å². The summed E-state index contributed by atoms with van der Waals surface area (Å²) in [5.74, 6) is 0.217. The van der Waals surface area contributed by atoms with Gasteiger partial charge in [0.2, 0.25) is 0 Å². The van der Waals surface area contributed by atoms with Crippen LogP contribution in [-0.2, 0) is 14.3 Å². The Labute approximate surface area is 207 Å². The summed E-state index contributed by atoms with van der Waals surface area (Å²) >= 11 is 1.31. The predicted molar refractivity (Wildman–Crippen MR) is 135 cm³/mol. The number of carbonyl (C=O) groups excluding carboxylic acids is 1. The number of carbonyl (C=O) groups is 1. The van der Waals surface area contributed by atoms with E-state index >= 15 is 0 Å². The zero-order valence-electron chi connectivity index (χ0n) is 20.0. The molecule has 7 nitrogen and oxygen atoms in total. The van der Waals surface area contributed by atoms with Gasteiger partial charge in [-0.3, -0.25) is 9.36 Å². The highest BCUT2D eigenvalue weighted by Crippen LogP contribution is 2.31. The molecular weight excluding hydrogens is 464 g/mol. The summed E-state index contributed by atoms with van der Waals surface area (Å²) < 4.78 is 18.3. The summed E-state index contributed by atoms with van der Waals surface area (Å²) in [6.07, 6.45) is 2.75. The van der Waals surface area contributed by atoms with Gasteiger partial charge in [0, 0.05) is 7.11 Å². The van der Waals surface area contributed by atoms with Gasteiger partial charge in [0.25, 0.3) is 5.56 Å². The second kappa shape index (κ2) is 11.3. The lowest BCUT2D eigenvalue weighted by Gasteiger charge is -2.25. The van der Waals surface area contributed by atoms with Gasteiger partial charge in [-0.2, -0.15) is 0 Å². The minimum atomic E-state index is -0.667. The first kappa shape index (κ1) is 24.6. The van der Waals surface area contributed by atoms with Crippen LogP contribution in [0.25, 0.3) is 6.08 Å². The van der Waals surface area contributed by atoms with Crippen LogP contribution in [0.15, 0.2) is 75.7 Å². The monoisotopic (exact) mass is 492 g/mol. The Morgan fingerprint density at radius 1 is 1.09 bits per heavy atom. The van der Waals surface area contributed by atoms with E-state index in [0.717, 1.165) is 23.3 Å². The Bertz CT molecular complexity index is 1390. The molecule has 2 heterocycles. The number of allylic oxidation sites excluding steroid dienone is 1. The summed E-state index contributed by atoms with van der Waals surface area (Å²) in [6, 6.07) is 16.5. The first-order valence-electron chi connectivity index (χ1n) is 11.5. The molecule has 182 valence electrons. The Balaban J connectivity index is 1.83. The molecule has 3 aromatic rings. The fourth-order valence-corrected chi connectivity index (χ4v) is 4.91. The van der Waals surface area contributed by atoms with Crippen LogP contribution in [-0.4, -0.2) is 37.5 Å². The topological polar surface area (TPSA) is 79.1 Å². The van der Waals surface area contributed by atoms with Gasteiger partial charge in [0.1, 0.15) is 12.4 Å². The van der Waals surface area contributed by atoms with Crippen molar-refractivity contribution in [1.29, 1.82) is 0 Å². The molecule has 0 saturated carbocycles. The smallest absolute Gasteiger partial charge is 0.338 e. The lowest BCUT2D eigenvalue weighted by atomic mass is 9.96. The molecule has 0 radical (unpaired) electrons. The third-order valence-corrected chi connectivity index (χ3v) is 6.51. The molecule has 1 aromatic heterocycles. The highest BCUT2D eigenvalue weighted by Gasteiger charge is 2.33. The van der Waals surface area contributed by atoms with Gasteiger partial charge in [-0.05, 0) is 42.7 Å². The van der Waals surface area contributed by atoms with Gasteiger partial charge in [-0.25, -0.2) is 9.79 Å². The van der Waals surface area contributed by atoms with E-state index in [9.17, 15) is 9.59 Å². The quantitative estimate of drug-likeness (QED) is 0.339. The highest BCUT2D eigenvalue weighted by atomic mass is 32.1. The Kier molecular flexibility index (Phi) is 7.94. The van der Waals surface area contributed by atoms with Gasteiger partial charge in [-0.15, -0.1) is 0 Å². The molecule has 0 spiro atoms. The van der Waals surface area contributed by atoms with Crippen LogP contribution >= 0.6 is 11.3 Å². The first-order valence-corrected chi connectivity index (χ1v) is 12.3. The maximum Gasteiger partial charge on any atom is 0.338 e. The van der Waals surface area contributed by atoms with E-state index in [1.54, 1.807) is 18.6 Å². The molecule has 1 atom stereocenters. The average molecular weight is 493 g/mol. The molecule has 1 aliphatic heterocycles. The van der Waals surface area contributed by atoms with Crippen LogP contribution in [0.5, 0.6) is 5.75 Å². The molecule has 0 bridgehead atoms. The van der Waals surface area contributed by atoms with E-state index < -0.39 is 12.0 Å². The van der Waals surface area contributed by atoms with E-state index in [-0.39, 0.29) is 18.8 Å². The Hall–Kier alpha value is -3.49. The molecule has 0 saturated heterocycles. The van der Waals surface area contributed by atoms with E-state index in [2.05, 4.69) is 4.99 Å². The molecule has 0 fully saturated rings. The summed E-state index contributed by atoms with van der Waals surface area (Å²) in [7, 11) is 1.54. The number of thiazole rings is 1. The van der Waals surface area contributed by atoms with Crippen molar-refractivity contribution in [1.82, 2.24) is 4.57 Å². The number of aromatic nitrogens is 1. The van der Waals surface area contributed by atoms with Crippen molar-refractivity contribution in [3.63, 3.8) is 0 Å². The molecule has 0 N–H and O–H groups in total. The van der Waals surface area contributed by atoms with E-state index in [4.69, 9.17) is 14.2 Å². The number of hydrogen-bond acceptors (Lipinski definition) is 7. The lowest BCUT2D eigenvalue weighted by Crippen LogP contribution is -2.40. The maximum atomic E-state index is 13.6. The summed E-state index contributed by atoms with van der Waals surface area (Å²) in [4.78, 5) is 31.9. The molecule has 2 aromatic carbocycles. The molecule has 0 aliphatic carbocycles. The van der Waals surface area contributed by atoms with E-state index in [1.807, 2.05) is 67.6 Å². The van der Waals surface area contributed by atoms with Crippen molar-refractivity contribution in [3.8, 4) is 5.75 Å². The van der Waals surface area contributed by atoms with Gasteiger partial charge in [-0.1, -0.05) is 60.7 Å². The van der Waals surface area contributed by atoms with Crippen molar-refractivity contribution < 1.29 is 19.0 Å². The zero-order valence-corrected chi connectivity index (χ0v) is 20.8. The second-order valence-electron chi connectivity index (χ2n) is 8.04. The predicted octanol–water partition coefficient (Wildman–Crippen LogP) is 3.21. The van der Waals surface area contributed by atoms with Crippen LogP contribution in [0, 0.1) is 0 Å². The van der Waals surface area contributed by atoms with Crippen LogP contribution < -0.4 is 19.6 Å². The van der Waals surface area contributed by atoms with Gasteiger partial charge in [0.15, 0.2) is 4.80 Å². The number of methoxy groups -OCH3 is 1. The summed E-state index contributed by atoms with van der Waals surface area (Å²) in [6.45, 7) is 4.82. The lowest BCUT2D eigenvalue weighted by molar-refractivity contribution is -0.140. The largest absolute Gasteiger partial charge is 0.494 e. The molecule has 0 unspecified atom stereocenters. The minimum Gasteiger partial charge on any atom is -0.494 e. The fourth-order valence-electron chi connectivity index (χ4n) is 3.86. The Morgan fingerprint density at radius 3 is 2.51 bits per heavy atom. The van der Waals surface area contributed by atoms with Crippen LogP contribution in [0.3, 0.4) is 0 Å². The van der Waals surface area contributed by atoms with E-state index in [0.29, 0.717) is 27.2 Å². The standard InChI is InChI=1S/C27H28N2O5S/c1-4-14-33-21-12-10-20(11-13-21)24-23(26(31)34-16-15-32-3)18(2)28-27-29(24)25(30)22(35-27)17-19-8-6-5-7-9-19/h5-13,17,24H,4,14-16H2,1-3H3/t24-/m1/s1. The molecular formula is C27H28N2O5S. The summed E-state index contributed by atoms with van der Waals surface area (Å²) in [5.41, 5.74) is 2.35. The number of esters is 1. The van der Waals surface area contributed by atoms with Crippen LogP contribution in [0.1, 0.15) is 37.4 Å². The average Bonchev–Trinajstić information content (AvgIpc) is 3.17.